The van der Waals surface area contributed by atoms with Crippen LogP contribution < -0.4 is 4.90 Å². The standard InChI is InChI=1S/C38H27N/c1-4-15-28(16-5-1)33-25-14-26-37(39(30-18-6-2-7-19-30)31-20-8-3-9-21-31)38(33)36-27-29-17-10-11-22-32(29)34-23-12-13-24-35(34)36/h1-27H. The molecule has 0 aliphatic rings. The average molecular weight is 498 g/mol. The fraction of sp³-hybridized carbons (Fsp3) is 0. The fourth-order valence-electron chi connectivity index (χ4n) is 5.71. The average Bonchev–Trinajstić information content (AvgIpc) is 3.02. The first-order chi connectivity index (χ1) is 19.4. The second kappa shape index (κ2) is 9.96. The minimum absolute atomic E-state index is 1.13. The van der Waals surface area contributed by atoms with Crippen LogP contribution in [0.25, 0.3) is 43.8 Å². The van der Waals surface area contributed by atoms with Gasteiger partial charge in [-0.05, 0) is 74.6 Å². The third-order valence-corrected chi connectivity index (χ3v) is 7.43. The molecule has 0 aromatic heterocycles. The summed E-state index contributed by atoms with van der Waals surface area (Å²) in [6.07, 6.45) is 0. The quantitative estimate of drug-likeness (QED) is 0.214. The van der Waals surface area contributed by atoms with Gasteiger partial charge in [0.2, 0.25) is 0 Å². The number of nitrogens with zero attached hydrogens (tertiary/aromatic N) is 1. The van der Waals surface area contributed by atoms with E-state index in [0.29, 0.717) is 0 Å². The molecule has 184 valence electrons. The molecule has 0 bridgehead atoms. The van der Waals surface area contributed by atoms with Crippen molar-refractivity contribution in [2.75, 3.05) is 4.90 Å². The van der Waals surface area contributed by atoms with Crippen LogP contribution in [0.5, 0.6) is 0 Å². The molecular weight excluding hydrogens is 470 g/mol. The van der Waals surface area contributed by atoms with Crippen LogP contribution in [0.15, 0.2) is 164 Å². The van der Waals surface area contributed by atoms with Crippen LogP contribution in [0.4, 0.5) is 17.1 Å². The first-order valence-electron chi connectivity index (χ1n) is 13.4. The van der Waals surface area contributed by atoms with Gasteiger partial charge in [-0.1, -0.05) is 127 Å². The lowest BCUT2D eigenvalue weighted by Gasteiger charge is -2.29. The molecule has 0 aliphatic heterocycles. The lowest BCUT2D eigenvalue weighted by atomic mass is 9.87. The molecule has 0 heterocycles. The number of hydrogen-bond acceptors (Lipinski definition) is 1. The minimum atomic E-state index is 1.13. The number of anilines is 3. The van der Waals surface area contributed by atoms with Crippen molar-refractivity contribution in [1.29, 1.82) is 0 Å². The van der Waals surface area contributed by atoms with Crippen LogP contribution in [0.2, 0.25) is 0 Å². The Morgan fingerprint density at radius 2 is 0.897 bits per heavy atom. The van der Waals surface area contributed by atoms with Crippen LogP contribution in [0.1, 0.15) is 0 Å². The molecule has 0 amide bonds. The van der Waals surface area contributed by atoms with Crippen LogP contribution in [-0.2, 0) is 0 Å². The Morgan fingerprint density at radius 1 is 0.359 bits per heavy atom. The van der Waals surface area contributed by atoms with Gasteiger partial charge in [-0.2, -0.15) is 0 Å². The highest BCUT2D eigenvalue weighted by molar-refractivity contribution is 6.16. The molecule has 0 fully saturated rings. The number of para-hydroxylation sites is 2. The number of hydrogen-bond donors (Lipinski definition) is 0. The predicted octanol–water partition coefficient (Wildman–Crippen LogP) is 10.8. The van der Waals surface area contributed by atoms with E-state index in [1.165, 1.54) is 43.8 Å². The van der Waals surface area contributed by atoms with Gasteiger partial charge in [-0.15, -0.1) is 0 Å². The molecule has 1 nitrogen and oxygen atoms in total. The molecule has 0 aliphatic carbocycles. The van der Waals surface area contributed by atoms with Crippen molar-refractivity contribution in [2.24, 2.45) is 0 Å². The van der Waals surface area contributed by atoms with E-state index in [0.717, 1.165) is 17.1 Å². The molecule has 7 aromatic rings. The van der Waals surface area contributed by atoms with E-state index in [4.69, 9.17) is 0 Å². The van der Waals surface area contributed by atoms with E-state index in [1.54, 1.807) is 0 Å². The Kier molecular flexibility index (Phi) is 5.88. The van der Waals surface area contributed by atoms with E-state index in [9.17, 15) is 0 Å². The van der Waals surface area contributed by atoms with Gasteiger partial charge in [0.25, 0.3) is 0 Å². The fourth-order valence-corrected chi connectivity index (χ4v) is 5.71. The van der Waals surface area contributed by atoms with E-state index in [2.05, 4.69) is 169 Å². The van der Waals surface area contributed by atoms with Crippen molar-refractivity contribution < 1.29 is 0 Å². The summed E-state index contributed by atoms with van der Waals surface area (Å²) in [6, 6.07) is 58.6. The molecule has 1 heteroatoms. The van der Waals surface area contributed by atoms with Crippen LogP contribution in [-0.4, -0.2) is 0 Å². The van der Waals surface area contributed by atoms with Crippen LogP contribution in [0, 0.1) is 0 Å². The Hall–Kier alpha value is -5.14. The maximum absolute atomic E-state index is 2.38. The maximum atomic E-state index is 2.38. The zero-order chi connectivity index (χ0) is 26.0. The van der Waals surface area contributed by atoms with Crippen molar-refractivity contribution in [3.63, 3.8) is 0 Å². The van der Waals surface area contributed by atoms with Gasteiger partial charge >= 0.3 is 0 Å². The van der Waals surface area contributed by atoms with Gasteiger partial charge in [-0.3, -0.25) is 0 Å². The predicted molar refractivity (Wildman–Crippen MR) is 167 cm³/mol. The largest absolute Gasteiger partial charge is 0.310 e. The Bertz CT molecular complexity index is 1850. The third kappa shape index (κ3) is 4.15. The lowest BCUT2D eigenvalue weighted by Crippen LogP contribution is -2.11. The number of rotatable bonds is 5. The van der Waals surface area contributed by atoms with Gasteiger partial charge < -0.3 is 4.90 Å². The zero-order valence-electron chi connectivity index (χ0n) is 21.5. The van der Waals surface area contributed by atoms with Gasteiger partial charge in [0.1, 0.15) is 0 Å². The lowest BCUT2D eigenvalue weighted by molar-refractivity contribution is 1.28. The first-order valence-corrected chi connectivity index (χ1v) is 13.4. The Balaban J connectivity index is 1.63. The molecule has 7 aromatic carbocycles. The topological polar surface area (TPSA) is 3.24 Å². The zero-order valence-corrected chi connectivity index (χ0v) is 21.5. The van der Waals surface area contributed by atoms with Crippen molar-refractivity contribution >= 4 is 38.6 Å². The highest BCUT2D eigenvalue weighted by Crippen LogP contribution is 2.48. The van der Waals surface area contributed by atoms with Crippen LogP contribution in [0.3, 0.4) is 0 Å². The second-order valence-electron chi connectivity index (χ2n) is 9.76. The monoisotopic (exact) mass is 497 g/mol. The molecule has 0 N–H and O–H groups in total. The molecule has 0 unspecified atom stereocenters. The minimum Gasteiger partial charge on any atom is -0.310 e. The highest BCUT2D eigenvalue weighted by Gasteiger charge is 2.22. The molecular formula is C38H27N. The van der Waals surface area contributed by atoms with Crippen molar-refractivity contribution in [3.05, 3.63) is 164 Å². The van der Waals surface area contributed by atoms with E-state index >= 15 is 0 Å². The van der Waals surface area contributed by atoms with E-state index < -0.39 is 0 Å². The molecule has 0 saturated heterocycles. The smallest absolute Gasteiger partial charge is 0.0546 e. The van der Waals surface area contributed by atoms with Gasteiger partial charge in [0, 0.05) is 16.9 Å². The maximum Gasteiger partial charge on any atom is 0.0546 e. The summed E-state index contributed by atoms with van der Waals surface area (Å²) in [5.74, 6) is 0. The summed E-state index contributed by atoms with van der Waals surface area (Å²) in [5, 5.41) is 5.04. The van der Waals surface area contributed by atoms with Gasteiger partial charge in [0.05, 0.1) is 5.69 Å². The second-order valence-corrected chi connectivity index (χ2v) is 9.76. The summed E-state index contributed by atoms with van der Waals surface area (Å²) in [6.45, 7) is 0. The Labute approximate surface area is 229 Å². The Morgan fingerprint density at radius 3 is 1.56 bits per heavy atom. The summed E-state index contributed by atoms with van der Waals surface area (Å²) >= 11 is 0. The van der Waals surface area contributed by atoms with Gasteiger partial charge in [-0.25, -0.2) is 0 Å². The summed E-state index contributed by atoms with van der Waals surface area (Å²) in [5.41, 5.74) is 8.27. The molecule has 0 atom stereocenters. The normalized spacial score (nSPS) is 11.1. The van der Waals surface area contributed by atoms with Crippen LogP contribution >= 0.6 is 0 Å². The molecule has 0 saturated carbocycles. The highest BCUT2D eigenvalue weighted by atomic mass is 15.1. The molecule has 7 rings (SSSR count). The van der Waals surface area contributed by atoms with E-state index in [1.807, 2.05) is 0 Å². The SMILES string of the molecule is c1ccc(-c2cccc(N(c3ccccc3)c3ccccc3)c2-c2cc3ccccc3c3ccccc23)cc1. The van der Waals surface area contributed by atoms with Crippen molar-refractivity contribution in [3.8, 4) is 22.3 Å². The molecule has 0 spiro atoms. The summed E-state index contributed by atoms with van der Waals surface area (Å²) < 4.78 is 0. The van der Waals surface area contributed by atoms with Gasteiger partial charge in [0.15, 0.2) is 0 Å². The number of benzene rings is 7. The first kappa shape index (κ1) is 23.0. The molecule has 0 radical (unpaired) electrons. The third-order valence-electron chi connectivity index (χ3n) is 7.43. The van der Waals surface area contributed by atoms with Crippen molar-refractivity contribution in [2.45, 2.75) is 0 Å². The summed E-state index contributed by atoms with van der Waals surface area (Å²) in [4.78, 5) is 2.38. The number of fused-ring (bicyclic) bond motifs is 3. The van der Waals surface area contributed by atoms with E-state index in [-0.39, 0.29) is 0 Å². The molecule has 39 heavy (non-hydrogen) atoms. The van der Waals surface area contributed by atoms with Crippen molar-refractivity contribution in [1.82, 2.24) is 0 Å². The summed E-state index contributed by atoms with van der Waals surface area (Å²) in [7, 11) is 0.